The number of hydrogen-bond donors (Lipinski definition) is 2. The first kappa shape index (κ1) is 23.9. The zero-order chi connectivity index (χ0) is 18.9. The van der Waals surface area contributed by atoms with Gasteiger partial charge in [0.25, 0.3) is 5.91 Å². The van der Waals surface area contributed by atoms with E-state index in [1.165, 1.54) is 0 Å². The molecule has 0 saturated carbocycles. The van der Waals surface area contributed by atoms with Gasteiger partial charge in [0.1, 0.15) is 0 Å². The second kappa shape index (κ2) is 9.37. The number of pyridine rings is 1. The number of carbonyl (C=O) groups is 2. The van der Waals surface area contributed by atoms with E-state index in [4.69, 9.17) is 5.73 Å². The molecule has 1 aliphatic heterocycles. The molecule has 2 amide bonds. The smallest absolute Gasteiger partial charge is 0.259 e. The molecular weight excluding hydrogens is 399 g/mol. The van der Waals surface area contributed by atoms with Gasteiger partial charge >= 0.3 is 0 Å². The summed E-state index contributed by atoms with van der Waals surface area (Å²) in [6.45, 7) is 6.41. The Balaban J connectivity index is 0.00000196. The van der Waals surface area contributed by atoms with Crippen molar-refractivity contribution in [2.24, 2.45) is 11.1 Å². The lowest BCUT2D eigenvalue weighted by molar-refractivity contribution is -0.119. The molecule has 3 rings (SSSR count). The van der Waals surface area contributed by atoms with Gasteiger partial charge in [-0.05, 0) is 47.7 Å². The standard InChI is InChI=1S/C20H24N4O2.2ClH/c1-20(2,3)17(21)18(25)23-15-6-7-16-13(11-15)8-10-24(16)19(26)14-5-4-9-22-12-14;;/h4-7,9,11-12,17H,8,10,21H2,1-3H3,(H,23,25);2*1H/t17-;;/m1../s1. The van der Waals surface area contributed by atoms with Crippen molar-refractivity contribution < 1.29 is 9.59 Å². The van der Waals surface area contributed by atoms with Crippen molar-refractivity contribution in [3.63, 3.8) is 0 Å². The second-order valence-electron chi connectivity index (χ2n) is 7.62. The molecule has 1 atom stereocenters. The maximum Gasteiger partial charge on any atom is 0.259 e. The zero-order valence-electron chi connectivity index (χ0n) is 16.1. The van der Waals surface area contributed by atoms with E-state index in [0.29, 0.717) is 17.8 Å². The molecule has 1 aromatic carbocycles. The van der Waals surface area contributed by atoms with E-state index in [1.807, 2.05) is 32.9 Å². The molecule has 6 nitrogen and oxygen atoms in total. The summed E-state index contributed by atoms with van der Waals surface area (Å²) in [4.78, 5) is 30.7. The number of benzene rings is 1. The van der Waals surface area contributed by atoms with E-state index >= 15 is 0 Å². The molecule has 152 valence electrons. The van der Waals surface area contributed by atoms with Crippen molar-refractivity contribution in [2.45, 2.75) is 33.2 Å². The number of nitrogens with zero attached hydrogens (tertiary/aromatic N) is 2. The van der Waals surface area contributed by atoms with Gasteiger partial charge in [-0.2, -0.15) is 0 Å². The third-order valence-electron chi connectivity index (χ3n) is 4.61. The van der Waals surface area contributed by atoms with E-state index in [-0.39, 0.29) is 42.0 Å². The topological polar surface area (TPSA) is 88.3 Å². The van der Waals surface area contributed by atoms with E-state index in [1.54, 1.807) is 35.5 Å². The number of aromatic nitrogens is 1. The number of halogens is 2. The Morgan fingerprint density at radius 1 is 1.21 bits per heavy atom. The van der Waals surface area contributed by atoms with E-state index in [2.05, 4.69) is 10.3 Å². The fourth-order valence-electron chi connectivity index (χ4n) is 2.95. The quantitative estimate of drug-likeness (QED) is 0.789. The number of nitrogens with two attached hydrogens (primary N) is 1. The Bertz CT molecular complexity index is 838. The van der Waals surface area contributed by atoms with Crippen molar-refractivity contribution in [1.29, 1.82) is 0 Å². The summed E-state index contributed by atoms with van der Waals surface area (Å²) in [6.07, 6.45) is 3.96. The number of carbonyl (C=O) groups excluding carboxylic acids is 2. The number of rotatable bonds is 3. The summed E-state index contributed by atoms with van der Waals surface area (Å²) >= 11 is 0. The lowest BCUT2D eigenvalue weighted by Gasteiger charge is -2.26. The number of fused-ring (bicyclic) bond motifs is 1. The maximum absolute atomic E-state index is 12.7. The van der Waals surface area contributed by atoms with Crippen molar-refractivity contribution in [1.82, 2.24) is 4.98 Å². The molecule has 1 aliphatic rings. The second-order valence-corrected chi connectivity index (χ2v) is 7.62. The van der Waals surface area contributed by atoms with Crippen LogP contribution in [-0.4, -0.2) is 29.4 Å². The third-order valence-corrected chi connectivity index (χ3v) is 4.61. The fraction of sp³-hybridized carbons (Fsp3) is 0.350. The Morgan fingerprint density at radius 2 is 1.93 bits per heavy atom. The van der Waals surface area contributed by atoms with Crippen LogP contribution in [0.5, 0.6) is 0 Å². The Hall–Kier alpha value is -2.15. The Labute approximate surface area is 177 Å². The molecule has 2 aromatic rings. The lowest BCUT2D eigenvalue weighted by Crippen LogP contribution is -2.45. The van der Waals surface area contributed by atoms with E-state index in [0.717, 1.165) is 17.7 Å². The number of amides is 2. The van der Waals surface area contributed by atoms with Crippen molar-refractivity contribution in [3.8, 4) is 0 Å². The summed E-state index contributed by atoms with van der Waals surface area (Å²) in [5, 5.41) is 2.88. The largest absolute Gasteiger partial charge is 0.325 e. The summed E-state index contributed by atoms with van der Waals surface area (Å²) in [5.74, 6) is -0.276. The first-order valence-corrected chi connectivity index (χ1v) is 8.68. The molecule has 28 heavy (non-hydrogen) atoms. The molecule has 8 heteroatoms. The fourth-order valence-corrected chi connectivity index (χ4v) is 2.95. The van der Waals surface area contributed by atoms with Gasteiger partial charge in [0.05, 0.1) is 11.6 Å². The number of hydrogen-bond acceptors (Lipinski definition) is 4. The molecule has 0 bridgehead atoms. The van der Waals surface area contributed by atoms with Crippen molar-refractivity contribution in [3.05, 3.63) is 53.9 Å². The molecule has 0 saturated heterocycles. The molecule has 2 heterocycles. The number of anilines is 2. The van der Waals surface area contributed by atoms with Crippen molar-refractivity contribution in [2.75, 3.05) is 16.8 Å². The highest BCUT2D eigenvalue weighted by atomic mass is 35.5. The highest BCUT2D eigenvalue weighted by molar-refractivity contribution is 6.07. The maximum atomic E-state index is 12.7. The van der Waals surface area contributed by atoms with Gasteiger partial charge in [0.15, 0.2) is 0 Å². The molecule has 0 radical (unpaired) electrons. The Morgan fingerprint density at radius 3 is 2.54 bits per heavy atom. The van der Waals surface area contributed by atoms with Crippen LogP contribution in [0.4, 0.5) is 11.4 Å². The van der Waals surface area contributed by atoms with Gasteiger partial charge in [-0.1, -0.05) is 20.8 Å². The minimum Gasteiger partial charge on any atom is -0.325 e. The van der Waals surface area contributed by atoms with Crippen LogP contribution >= 0.6 is 24.8 Å². The number of nitrogens with one attached hydrogen (secondary N) is 1. The van der Waals surface area contributed by atoms with Crippen LogP contribution in [0.25, 0.3) is 0 Å². The van der Waals surface area contributed by atoms with E-state index in [9.17, 15) is 9.59 Å². The summed E-state index contributed by atoms with van der Waals surface area (Å²) < 4.78 is 0. The predicted molar refractivity (Wildman–Crippen MR) is 117 cm³/mol. The van der Waals surface area contributed by atoms with Crippen LogP contribution in [-0.2, 0) is 11.2 Å². The van der Waals surface area contributed by atoms with Gasteiger partial charge in [-0.3, -0.25) is 14.6 Å². The first-order chi connectivity index (χ1) is 12.3. The first-order valence-electron chi connectivity index (χ1n) is 8.68. The SMILES string of the molecule is CC(C)(C)[C@H](N)C(=O)Nc1ccc2c(c1)CCN2C(=O)c1cccnc1.Cl.Cl. The van der Waals surface area contributed by atoms with Gasteiger partial charge < -0.3 is 16.0 Å². The highest BCUT2D eigenvalue weighted by Gasteiger charge is 2.29. The van der Waals surface area contributed by atoms with E-state index < -0.39 is 6.04 Å². The molecule has 0 fully saturated rings. The summed E-state index contributed by atoms with van der Waals surface area (Å²) in [7, 11) is 0. The van der Waals surface area contributed by atoms with Crippen LogP contribution in [0.15, 0.2) is 42.7 Å². The molecule has 1 aromatic heterocycles. The van der Waals surface area contributed by atoms with Gasteiger partial charge in [-0.25, -0.2) is 0 Å². The van der Waals surface area contributed by atoms with Crippen LogP contribution in [0.3, 0.4) is 0 Å². The summed E-state index contributed by atoms with van der Waals surface area (Å²) in [6, 6.07) is 8.51. The molecule has 0 aliphatic carbocycles. The van der Waals surface area contributed by atoms with Crippen LogP contribution < -0.4 is 16.0 Å². The lowest BCUT2D eigenvalue weighted by atomic mass is 9.87. The van der Waals surface area contributed by atoms with Crippen LogP contribution in [0.1, 0.15) is 36.7 Å². The van der Waals surface area contributed by atoms with Gasteiger partial charge in [-0.15, -0.1) is 24.8 Å². The normalized spacial score (nSPS) is 13.6. The molecular formula is C20H26Cl2N4O2. The minimum atomic E-state index is -0.598. The average Bonchev–Trinajstić information content (AvgIpc) is 3.03. The molecule has 3 N–H and O–H groups in total. The Kier molecular flexibility index (Phi) is 7.99. The third kappa shape index (κ3) is 5.01. The summed E-state index contributed by atoms with van der Waals surface area (Å²) in [5.41, 5.74) is 8.86. The predicted octanol–water partition coefficient (Wildman–Crippen LogP) is 3.44. The zero-order valence-corrected chi connectivity index (χ0v) is 17.8. The molecule has 0 unspecified atom stereocenters. The minimum absolute atomic E-state index is 0. The van der Waals surface area contributed by atoms with Gasteiger partial charge in [0.2, 0.25) is 5.91 Å². The van der Waals surface area contributed by atoms with Gasteiger partial charge in [0, 0.05) is 30.3 Å². The van der Waals surface area contributed by atoms with Crippen LogP contribution in [0.2, 0.25) is 0 Å². The van der Waals surface area contributed by atoms with Crippen molar-refractivity contribution >= 4 is 48.0 Å². The van der Waals surface area contributed by atoms with Crippen LogP contribution in [0, 0.1) is 5.41 Å². The highest BCUT2D eigenvalue weighted by Crippen LogP contribution is 2.32. The molecule has 0 spiro atoms. The monoisotopic (exact) mass is 424 g/mol. The average molecular weight is 425 g/mol.